The minimum Gasteiger partial charge on any atom is -0.424 e. The third-order valence-corrected chi connectivity index (χ3v) is 1.60. The summed E-state index contributed by atoms with van der Waals surface area (Å²) in [6.45, 7) is 6.02. The number of carbonyl (C=O) groups is 1. The number of aryl methyl sites for hydroxylation is 1. The van der Waals surface area contributed by atoms with Crippen LogP contribution in [-0.2, 0) is 11.3 Å². The van der Waals surface area contributed by atoms with Crippen LogP contribution >= 0.6 is 0 Å². The van der Waals surface area contributed by atoms with Gasteiger partial charge >= 0.3 is 0 Å². The fourth-order valence-corrected chi connectivity index (χ4v) is 1.03. The average Bonchev–Trinajstić information content (AvgIpc) is 2.47. The van der Waals surface area contributed by atoms with Gasteiger partial charge in [0.15, 0.2) is 0 Å². The van der Waals surface area contributed by atoms with Gasteiger partial charge in [-0.05, 0) is 5.92 Å². The van der Waals surface area contributed by atoms with Crippen molar-refractivity contribution in [2.45, 2.75) is 33.7 Å². The Morgan fingerprint density at radius 2 is 2.21 bits per heavy atom. The summed E-state index contributed by atoms with van der Waals surface area (Å²) in [7, 11) is 0. The van der Waals surface area contributed by atoms with Crippen molar-refractivity contribution in [3.8, 4) is 0 Å². The smallest absolute Gasteiger partial charge is 0.235 e. The van der Waals surface area contributed by atoms with Crippen LogP contribution in [0.4, 0.5) is 0 Å². The number of rotatable bonds is 4. The second-order valence-electron chi connectivity index (χ2n) is 3.59. The fourth-order valence-electron chi connectivity index (χ4n) is 1.03. The first-order valence-electron chi connectivity index (χ1n) is 4.63. The van der Waals surface area contributed by atoms with Crippen molar-refractivity contribution in [3.63, 3.8) is 0 Å². The summed E-state index contributed by atoms with van der Waals surface area (Å²) in [6, 6.07) is 0. The van der Waals surface area contributed by atoms with Crippen molar-refractivity contribution in [1.29, 1.82) is 0 Å². The van der Waals surface area contributed by atoms with Crippen molar-refractivity contribution in [3.05, 3.63) is 11.8 Å². The zero-order valence-electron chi connectivity index (χ0n) is 8.70. The molecule has 0 spiro atoms. The third-order valence-electron chi connectivity index (χ3n) is 1.60. The molecule has 1 rings (SSSR count). The Kier molecular flexibility index (Phi) is 3.62. The summed E-state index contributed by atoms with van der Waals surface area (Å²) in [5.41, 5.74) is 0. The highest BCUT2D eigenvalue weighted by atomic mass is 16.4. The average molecular weight is 197 g/mol. The Morgan fingerprint density at radius 1 is 1.50 bits per heavy atom. The molecule has 0 bridgehead atoms. The first kappa shape index (κ1) is 10.7. The first-order chi connectivity index (χ1) is 6.58. The van der Waals surface area contributed by atoms with Crippen LogP contribution in [0.3, 0.4) is 0 Å². The second-order valence-corrected chi connectivity index (χ2v) is 3.59. The molecule has 1 aromatic rings. The van der Waals surface area contributed by atoms with E-state index >= 15 is 0 Å². The predicted octanol–water partition coefficient (Wildman–Crippen LogP) is 1.04. The quantitative estimate of drug-likeness (QED) is 0.783. The van der Waals surface area contributed by atoms with Crippen LogP contribution in [0.25, 0.3) is 0 Å². The van der Waals surface area contributed by atoms with Gasteiger partial charge in [-0.25, -0.2) is 0 Å². The zero-order valence-corrected chi connectivity index (χ0v) is 8.70. The first-order valence-corrected chi connectivity index (χ1v) is 4.63. The third kappa shape index (κ3) is 3.55. The van der Waals surface area contributed by atoms with Gasteiger partial charge in [0, 0.05) is 13.3 Å². The van der Waals surface area contributed by atoms with Gasteiger partial charge in [-0.1, -0.05) is 13.8 Å². The summed E-state index contributed by atoms with van der Waals surface area (Å²) in [5.74, 6) is 1.33. The fraction of sp³-hybridized carbons (Fsp3) is 0.667. The molecule has 0 radical (unpaired) electrons. The maximum absolute atomic E-state index is 11.2. The number of nitrogens with one attached hydrogen (secondary N) is 1. The SMILES string of the molecule is Cc1nnc(CNC(=O)CC(C)C)o1. The van der Waals surface area contributed by atoms with E-state index in [1.807, 2.05) is 13.8 Å². The Balaban J connectivity index is 2.30. The van der Waals surface area contributed by atoms with Gasteiger partial charge in [0.2, 0.25) is 17.7 Å². The van der Waals surface area contributed by atoms with Crippen LogP contribution < -0.4 is 5.32 Å². The summed E-state index contributed by atoms with van der Waals surface area (Å²) in [6.07, 6.45) is 0.521. The van der Waals surface area contributed by atoms with E-state index < -0.39 is 0 Å². The van der Waals surface area contributed by atoms with Gasteiger partial charge < -0.3 is 9.73 Å². The molecule has 0 saturated carbocycles. The van der Waals surface area contributed by atoms with Crippen molar-refractivity contribution >= 4 is 5.91 Å². The lowest BCUT2D eigenvalue weighted by Gasteiger charge is -2.04. The molecule has 14 heavy (non-hydrogen) atoms. The molecule has 5 nitrogen and oxygen atoms in total. The molecule has 78 valence electrons. The molecule has 0 saturated heterocycles. The minimum absolute atomic E-state index is 0.0100. The van der Waals surface area contributed by atoms with E-state index in [1.165, 1.54) is 0 Å². The highest BCUT2D eigenvalue weighted by molar-refractivity contribution is 5.75. The number of hydrogen-bond acceptors (Lipinski definition) is 4. The molecule has 1 amide bonds. The van der Waals surface area contributed by atoms with Crippen molar-refractivity contribution in [2.24, 2.45) is 5.92 Å². The number of amides is 1. The summed E-state index contributed by atoms with van der Waals surface area (Å²) in [5, 5.41) is 10.1. The summed E-state index contributed by atoms with van der Waals surface area (Å²) < 4.78 is 5.10. The monoisotopic (exact) mass is 197 g/mol. The summed E-state index contributed by atoms with van der Waals surface area (Å²) in [4.78, 5) is 11.2. The van der Waals surface area contributed by atoms with Crippen molar-refractivity contribution in [1.82, 2.24) is 15.5 Å². The molecule has 1 aromatic heterocycles. The highest BCUT2D eigenvalue weighted by Gasteiger charge is 2.06. The van der Waals surface area contributed by atoms with Gasteiger partial charge in [-0.3, -0.25) is 4.79 Å². The van der Waals surface area contributed by atoms with Crippen LogP contribution in [0.2, 0.25) is 0 Å². The van der Waals surface area contributed by atoms with Crippen molar-refractivity contribution < 1.29 is 9.21 Å². The number of aromatic nitrogens is 2. The van der Waals surface area contributed by atoms with Gasteiger partial charge in [-0.2, -0.15) is 0 Å². The lowest BCUT2D eigenvalue weighted by molar-refractivity contribution is -0.122. The van der Waals surface area contributed by atoms with Crippen LogP contribution in [-0.4, -0.2) is 16.1 Å². The Hall–Kier alpha value is -1.39. The van der Waals surface area contributed by atoms with Crippen LogP contribution in [0, 0.1) is 12.8 Å². The Bertz CT molecular complexity index is 307. The van der Waals surface area contributed by atoms with E-state index in [0.29, 0.717) is 30.7 Å². The topological polar surface area (TPSA) is 68.0 Å². The van der Waals surface area contributed by atoms with Gasteiger partial charge in [0.05, 0.1) is 6.54 Å². The van der Waals surface area contributed by atoms with E-state index in [4.69, 9.17) is 4.42 Å². The molecule has 0 fully saturated rings. The lowest BCUT2D eigenvalue weighted by atomic mass is 10.1. The zero-order chi connectivity index (χ0) is 10.6. The molecule has 1 N–H and O–H groups in total. The van der Waals surface area contributed by atoms with E-state index in [0.717, 1.165) is 0 Å². The van der Waals surface area contributed by atoms with Crippen LogP contribution in [0.5, 0.6) is 0 Å². The van der Waals surface area contributed by atoms with Crippen molar-refractivity contribution in [2.75, 3.05) is 0 Å². The second kappa shape index (κ2) is 4.74. The van der Waals surface area contributed by atoms with Gasteiger partial charge in [0.25, 0.3) is 0 Å². The minimum atomic E-state index is 0.0100. The molecule has 0 atom stereocenters. The Morgan fingerprint density at radius 3 is 2.71 bits per heavy atom. The molecule has 0 aliphatic heterocycles. The van der Waals surface area contributed by atoms with Crippen LogP contribution in [0.15, 0.2) is 4.42 Å². The molecular formula is C9H15N3O2. The maximum atomic E-state index is 11.2. The number of hydrogen-bond donors (Lipinski definition) is 1. The molecule has 0 aromatic carbocycles. The number of nitrogens with zero attached hydrogens (tertiary/aromatic N) is 2. The predicted molar refractivity (Wildman–Crippen MR) is 50.3 cm³/mol. The van der Waals surface area contributed by atoms with E-state index in [9.17, 15) is 4.79 Å². The van der Waals surface area contributed by atoms with Gasteiger partial charge in [-0.15, -0.1) is 10.2 Å². The summed E-state index contributed by atoms with van der Waals surface area (Å²) >= 11 is 0. The Labute approximate surface area is 82.9 Å². The maximum Gasteiger partial charge on any atom is 0.235 e. The largest absolute Gasteiger partial charge is 0.424 e. The highest BCUT2D eigenvalue weighted by Crippen LogP contribution is 2.00. The normalized spacial score (nSPS) is 10.6. The molecular weight excluding hydrogens is 182 g/mol. The molecule has 5 heteroatoms. The number of carbonyl (C=O) groups excluding carboxylic acids is 1. The molecule has 1 heterocycles. The van der Waals surface area contributed by atoms with E-state index in [2.05, 4.69) is 15.5 Å². The lowest BCUT2D eigenvalue weighted by Crippen LogP contribution is -2.24. The standard InChI is InChI=1S/C9H15N3O2/c1-6(2)4-8(13)10-5-9-12-11-7(3)14-9/h6H,4-5H2,1-3H3,(H,10,13). The van der Waals surface area contributed by atoms with Gasteiger partial charge in [0.1, 0.15) is 0 Å². The molecule has 0 aliphatic carbocycles. The molecule has 0 unspecified atom stereocenters. The van der Waals surface area contributed by atoms with E-state index in [1.54, 1.807) is 6.92 Å². The molecule has 0 aliphatic rings. The van der Waals surface area contributed by atoms with Crippen LogP contribution in [0.1, 0.15) is 32.0 Å². The van der Waals surface area contributed by atoms with E-state index in [-0.39, 0.29) is 5.91 Å².